The number of hydrogen-bond donors (Lipinski definition) is 2. The lowest BCUT2D eigenvalue weighted by Crippen LogP contribution is -2.14. The Labute approximate surface area is 168 Å². The Balaban J connectivity index is 1.55. The number of carbonyl (C=O) groups excluding carboxylic acids is 2. The number of nitrogens with one attached hydrogen (secondary N) is 2. The van der Waals surface area contributed by atoms with E-state index in [0.717, 1.165) is 10.6 Å². The predicted molar refractivity (Wildman–Crippen MR) is 113 cm³/mol. The van der Waals surface area contributed by atoms with E-state index in [4.69, 9.17) is 4.74 Å². The number of para-hydroxylation sites is 1. The molecule has 0 aliphatic carbocycles. The van der Waals surface area contributed by atoms with Crippen LogP contribution in [0.3, 0.4) is 0 Å². The third-order valence-corrected chi connectivity index (χ3v) is 4.87. The molecule has 0 bridgehead atoms. The van der Waals surface area contributed by atoms with E-state index in [1.165, 1.54) is 11.8 Å². The zero-order valence-electron chi connectivity index (χ0n) is 15.3. The fourth-order valence-electron chi connectivity index (χ4n) is 2.48. The standard InChI is InChI=1S/C22H20N2O3S/c1-27-19-12-10-16(11-13-19)22(26)24-18-8-5-9-20(14-18)28-15-21(25)23-17-6-3-2-4-7-17/h2-14H,15H2,1H3,(H,23,25)(H,24,26). The molecule has 3 aromatic rings. The average Bonchev–Trinajstić information content (AvgIpc) is 2.73. The number of methoxy groups -OCH3 is 1. The number of ether oxygens (including phenoxy) is 1. The highest BCUT2D eigenvalue weighted by Crippen LogP contribution is 2.22. The van der Waals surface area contributed by atoms with Crippen LogP contribution >= 0.6 is 11.8 Å². The van der Waals surface area contributed by atoms with E-state index in [0.29, 0.717) is 17.0 Å². The molecule has 0 aliphatic heterocycles. The number of rotatable bonds is 7. The summed E-state index contributed by atoms with van der Waals surface area (Å²) in [5.41, 5.74) is 1.99. The Kier molecular flexibility index (Phi) is 6.70. The first-order chi connectivity index (χ1) is 13.6. The van der Waals surface area contributed by atoms with Gasteiger partial charge < -0.3 is 15.4 Å². The molecule has 2 N–H and O–H groups in total. The third kappa shape index (κ3) is 5.62. The minimum atomic E-state index is -0.202. The highest BCUT2D eigenvalue weighted by atomic mass is 32.2. The number of carbonyl (C=O) groups is 2. The van der Waals surface area contributed by atoms with Crippen molar-refractivity contribution < 1.29 is 14.3 Å². The van der Waals surface area contributed by atoms with Gasteiger partial charge in [-0.3, -0.25) is 9.59 Å². The van der Waals surface area contributed by atoms with E-state index in [1.54, 1.807) is 31.4 Å². The van der Waals surface area contributed by atoms with Crippen molar-refractivity contribution in [1.29, 1.82) is 0 Å². The first kappa shape index (κ1) is 19.5. The highest BCUT2D eigenvalue weighted by Gasteiger charge is 2.08. The van der Waals surface area contributed by atoms with Crippen LogP contribution in [0, 0.1) is 0 Å². The van der Waals surface area contributed by atoms with Crippen molar-refractivity contribution in [2.24, 2.45) is 0 Å². The minimum Gasteiger partial charge on any atom is -0.497 e. The molecule has 28 heavy (non-hydrogen) atoms. The minimum absolute atomic E-state index is 0.0797. The van der Waals surface area contributed by atoms with Crippen molar-refractivity contribution in [1.82, 2.24) is 0 Å². The van der Waals surface area contributed by atoms with Crippen LogP contribution in [0.1, 0.15) is 10.4 Å². The molecule has 5 nitrogen and oxygen atoms in total. The largest absolute Gasteiger partial charge is 0.497 e. The zero-order valence-corrected chi connectivity index (χ0v) is 16.2. The number of thioether (sulfide) groups is 1. The topological polar surface area (TPSA) is 67.4 Å². The van der Waals surface area contributed by atoms with Crippen LogP contribution in [0.15, 0.2) is 83.8 Å². The fourth-order valence-corrected chi connectivity index (χ4v) is 3.23. The van der Waals surface area contributed by atoms with Gasteiger partial charge in [-0.25, -0.2) is 0 Å². The van der Waals surface area contributed by atoms with E-state index in [-0.39, 0.29) is 17.6 Å². The van der Waals surface area contributed by atoms with Crippen LogP contribution in [0.25, 0.3) is 0 Å². The third-order valence-electron chi connectivity index (χ3n) is 3.87. The van der Waals surface area contributed by atoms with Crippen LogP contribution in [-0.4, -0.2) is 24.7 Å². The molecular weight excluding hydrogens is 372 g/mol. The van der Waals surface area contributed by atoms with Gasteiger partial charge in [-0.1, -0.05) is 24.3 Å². The summed E-state index contributed by atoms with van der Waals surface area (Å²) in [7, 11) is 1.58. The Morgan fingerprint density at radius 1 is 0.857 bits per heavy atom. The van der Waals surface area contributed by atoms with Gasteiger partial charge in [0.2, 0.25) is 5.91 Å². The first-order valence-electron chi connectivity index (χ1n) is 8.67. The molecular formula is C22H20N2O3S. The molecule has 0 aliphatic rings. The van der Waals surface area contributed by atoms with Gasteiger partial charge in [-0.15, -0.1) is 11.8 Å². The molecule has 2 amide bonds. The quantitative estimate of drug-likeness (QED) is 0.573. The highest BCUT2D eigenvalue weighted by molar-refractivity contribution is 8.00. The monoisotopic (exact) mass is 392 g/mol. The summed E-state index contributed by atoms with van der Waals surface area (Å²) < 4.78 is 5.10. The summed E-state index contributed by atoms with van der Waals surface area (Å²) >= 11 is 1.41. The second kappa shape index (κ2) is 9.62. The maximum absolute atomic E-state index is 12.4. The molecule has 142 valence electrons. The Hall–Kier alpha value is -3.25. The molecule has 0 fully saturated rings. The second-order valence-electron chi connectivity index (χ2n) is 5.91. The number of hydrogen-bond acceptors (Lipinski definition) is 4. The second-order valence-corrected chi connectivity index (χ2v) is 6.96. The van der Waals surface area contributed by atoms with E-state index in [1.807, 2.05) is 54.6 Å². The molecule has 0 saturated heterocycles. The Morgan fingerprint density at radius 2 is 1.57 bits per heavy atom. The Bertz CT molecular complexity index is 944. The van der Waals surface area contributed by atoms with E-state index >= 15 is 0 Å². The maximum atomic E-state index is 12.4. The van der Waals surface area contributed by atoms with Gasteiger partial charge in [-0.05, 0) is 54.6 Å². The molecule has 0 saturated carbocycles. The lowest BCUT2D eigenvalue weighted by molar-refractivity contribution is -0.113. The van der Waals surface area contributed by atoms with Gasteiger partial charge >= 0.3 is 0 Å². The molecule has 0 spiro atoms. The maximum Gasteiger partial charge on any atom is 0.255 e. The van der Waals surface area contributed by atoms with E-state index in [9.17, 15) is 9.59 Å². The van der Waals surface area contributed by atoms with Crippen molar-refractivity contribution in [3.63, 3.8) is 0 Å². The first-order valence-corrected chi connectivity index (χ1v) is 9.66. The van der Waals surface area contributed by atoms with Crippen LogP contribution < -0.4 is 15.4 Å². The molecule has 0 unspecified atom stereocenters. The molecule has 3 aromatic carbocycles. The van der Waals surface area contributed by atoms with Gasteiger partial charge in [0.05, 0.1) is 12.9 Å². The lowest BCUT2D eigenvalue weighted by atomic mass is 10.2. The summed E-state index contributed by atoms with van der Waals surface area (Å²) in [6.07, 6.45) is 0. The smallest absolute Gasteiger partial charge is 0.255 e. The lowest BCUT2D eigenvalue weighted by Gasteiger charge is -2.08. The summed E-state index contributed by atoms with van der Waals surface area (Å²) in [5, 5.41) is 5.72. The van der Waals surface area contributed by atoms with Gasteiger partial charge in [0.1, 0.15) is 5.75 Å². The van der Waals surface area contributed by atoms with Crippen LogP contribution in [0.2, 0.25) is 0 Å². The van der Waals surface area contributed by atoms with Gasteiger partial charge in [0, 0.05) is 21.8 Å². The summed E-state index contributed by atoms with van der Waals surface area (Å²) in [6.45, 7) is 0. The number of amides is 2. The molecule has 3 rings (SSSR count). The molecule has 0 atom stereocenters. The molecule has 0 heterocycles. The van der Waals surface area contributed by atoms with Crippen molar-refractivity contribution in [3.05, 3.63) is 84.4 Å². The van der Waals surface area contributed by atoms with Crippen molar-refractivity contribution in [2.45, 2.75) is 4.90 Å². The fraction of sp³-hybridized carbons (Fsp3) is 0.0909. The molecule has 6 heteroatoms. The summed E-state index contributed by atoms with van der Waals surface area (Å²) in [4.78, 5) is 25.3. The van der Waals surface area contributed by atoms with Gasteiger partial charge in [0.15, 0.2) is 0 Å². The number of anilines is 2. The zero-order chi connectivity index (χ0) is 19.8. The molecule has 0 radical (unpaired) electrons. The van der Waals surface area contributed by atoms with Crippen molar-refractivity contribution >= 4 is 35.0 Å². The van der Waals surface area contributed by atoms with Gasteiger partial charge in [-0.2, -0.15) is 0 Å². The van der Waals surface area contributed by atoms with Gasteiger partial charge in [0.25, 0.3) is 5.91 Å². The average molecular weight is 392 g/mol. The van der Waals surface area contributed by atoms with Crippen molar-refractivity contribution in [3.8, 4) is 5.75 Å². The number of benzene rings is 3. The van der Waals surface area contributed by atoms with Crippen LogP contribution in [0.4, 0.5) is 11.4 Å². The van der Waals surface area contributed by atoms with Crippen LogP contribution in [0.5, 0.6) is 5.75 Å². The summed E-state index contributed by atoms with van der Waals surface area (Å²) in [6, 6.07) is 23.7. The predicted octanol–water partition coefficient (Wildman–Crippen LogP) is 4.68. The van der Waals surface area contributed by atoms with E-state index in [2.05, 4.69) is 10.6 Å². The SMILES string of the molecule is COc1ccc(C(=O)Nc2cccc(SCC(=O)Nc3ccccc3)c2)cc1. The van der Waals surface area contributed by atoms with E-state index < -0.39 is 0 Å². The molecule has 0 aromatic heterocycles. The van der Waals surface area contributed by atoms with Crippen molar-refractivity contribution in [2.75, 3.05) is 23.5 Å². The Morgan fingerprint density at radius 3 is 2.29 bits per heavy atom. The normalized spacial score (nSPS) is 10.2. The van der Waals surface area contributed by atoms with Crippen LogP contribution in [-0.2, 0) is 4.79 Å². The summed E-state index contributed by atoms with van der Waals surface area (Å²) in [5.74, 6) is 0.698.